The van der Waals surface area contributed by atoms with Gasteiger partial charge in [-0.05, 0) is 6.42 Å². The van der Waals surface area contributed by atoms with E-state index in [-0.39, 0.29) is 0 Å². The van der Waals surface area contributed by atoms with Crippen molar-refractivity contribution in [1.82, 2.24) is 9.55 Å². The number of rotatable bonds is 4. The molecule has 1 rings (SSSR count). The molecule has 0 radical (unpaired) electrons. The number of aromatic nitrogens is 2. The molecule has 0 saturated carbocycles. The van der Waals surface area contributed by atoms with E-state index in [1.54, 1.807) is 10.9 Å². The van der Waals surface area contributed by atoms with Crippen LogP contribution >= 0.6 is 0 Å². The summed E-state index contributed by atoms with van der Waals surface area (Å²) in [6, 6.07) is 0. The third-order valence-corrected chi connectivity index (χ3v) is 2.30. The molecule has 1 aromatic rings. The van der Waals surface area contributed by atoms with Gasteiger partial charge >= 0.3 is 0 Å². The number of nitrogens with zero attached hydrogens (tertiary/aromatic N) is 2. The molecule has 0 fully saturated rings. The normalized spacial score (nSPS) is 13.2. The average Bonchev–Trinajstić information content (AvgIpc) is 2.48. The van der Waals surface area contributed by atoms with E-state index < -0.39 is 11.1 Å². The van der Waals surface area contributed by atoms with Gasteiger partial charge in [0.15, 0.2) is 5.03 Å². The van der Waals surface area contributed by atoms with Crippen molar-refractivity contribution in [3.63, 3.8) is 0 Å². The molecule has 0 saturated heterocycles. The fraction of sp³-hybridized carbons (Fsp3) is 0.571. The minimum Gasteiger partial charge on any atom is -0.322 e. The highest BCUT2D eigenvalue weighted by Crippen LogP contribution is 2.05. The predicted octanol–water partition coefficient (Wildman–Crippen LogP) is 1.26. The highest BCUT2D eigenvalue weighted by Gasteiger charge is 2.05. The van der Waals surface area contributed by atoms with E-state index in [1.807, 2.05) is 0 Å². The van der Waals surface area contributed by atoms with Gasteiger partial charge in [0, 0.05) is 6.54 Å². The molecule has 1 atom stereocenters. The van der Waals surface area contributed by atoms with Gasteiger partial charge in [-0.25, -0.2) is 9.19 Å². The zero-order chi connectivity index (χ0) is 8.97. The third kappa shape index (κ3) is 2.15. The van der Waals surface area contributed by atoms with E-state index in [2.05, 4.69) is 11.9 Å². The highest BCUT2D eigenvalue weighted by molar-refractivity contribution is 7.79. The summed E-state index contributed by atoms with van der Waals surface area (Å²) in [5.74, 6) is 0. The Morgan fingerprint density at radius 3 is 3.08 bits per heavy atom. The molecular formula is C7H12N2O2S. The van der Waals surface area contributed by atoms with Gasteiger partial charge in [-0.15, -0.1) is 0 Å². The fourth-order valence-corrected chi connectivity index (χ4v) is 1.44. The number of hydrogen-bond acceptors (Lipinski definition) is 2. The first-order valence-electron chi connectivity index (χ1n) is 3.86. The molecule has 4 nitrogen and oxygen atoms in total. The second-order valence-electron chi connectivity index (χ2n) is 2.53. The molecule has 0 bridgehead atoms. The third-order valence-electron chi connectivity index (χ3n) is 1.61. The van der Waals surface area contributed by atoms with Crippen LogP contribution in [0.1, 0.15) is 19.8 Å². The number of imidazole rings is 1. The van der Waals surface area contributed by atoms with E-state index in [0.29, 0.717) is 5.03 Å². The van der Waals surface area contributed by atoms with Gasteiger partial charge in [0.05, 0.1) is 12.5 Å². The Hall–Kier alpha value is -0.680. The van der Waals surface area contributed by atoms with Crippen LogP contribution in [0.25, 0.3) is 0 Å². The lowest BCUT2D eigenvalue weighted by Gasteiger charge is -2.02. The van der Waals surface area contributed by atoms with Crippen LogP contribution in [0, 0.1) is 0 Å². The van der Waals surface area contributed by atoms with Crippen LogP contribution in [0.2, 0.25) is 0 Å². The molecule has 5 heteroatoms. The maximum Gasteiger partial charge on any atom is 0.205 e. The van der Waals surface area contributed by atoms with Crippen LogP contribution in [0.4, 0.5) is 0 Å². The van der Waals surface area contributed by atoms with Gasteiger partial charge in [0.1, 0.15) is 0 Å². The fourth-order valence-electron chi connectivity index (χ4n) is 0.950. The first-order valence-corrected chi connectivity index (χ1v) is 4.97. The maximum atomic E-state index is 10.7. The Morgan fingerprint density at radius 2 is 2.50 bits per heavy atom. The minimum atomic E-state index is -1.91. The van der Waals surface area contributed by atoms with Gasteiger partial charge in [-0.2, -0.15) is 0 Å². The molecule has 1 N–H and O–H groups in total. The van der Waals surface area contributed by atoms with E-state index >= 15 is 0 Å². The lowest BCUT2D eigenvalue weighted by Crippen LogP contribution is -2.02. The molecule has 1 heterocycles. The summed E-state index contributed by atoms with van der Waals surface area (Å²) >= 11 is -1.91. The van der Waals surface area contributed by atoms with E-state index in [1.165, 1.54) is 6.20 Å². The second kappa shape index (κ2) is 4.37. The monoisotopic (exact) mass is 188 g/mol. The molecule has 1 unspecified atom stereocenters. The van der Waals surface area contributed by atoms with Gasteiger partial charge in [0.25, 0.3) is 0 Å². The van der Waals surface area contributed by atoms with Crippen molar-refractivity contribution in [2.75, 3.05) is 0 Å². The number of unbranched alkanes of at least 4 members (excludes halogenated alkanes) is 1. The Kier molecular flexibility index (Phi) is 3.43. The molecule has 68 valence electrons. The first-order chi connectivity index (χ1) is 5.75. The van der Waals surface area contributed by atoms with Crippen molar-refractivity contribution in [1.29, 1.82) is 0 Å². The zero-order valence-electron chi connectivity index (χ0n) is 6.93. The van der Waals surface area contributed by atoms with Crippen molar-refractivity contribution in [3.8, 4) is 0 Å². The molecule has 0 amide bonds. The Labute approximate surface area is 73.9 Å². The number of hydrogen-bond donors (Lipinski definition) is 1. The van der Waals surface area contributed by atoms with E-state index in [9.17, 15) is 4.21 Å². The van der Waals surface area contributed by atoms with Gasteiger partial charge in [-0.3, -0.25) is 0 Å². The van der Waals surface area contributed by atoms with Crippen LogP contribution in [0.3, 0.4) is 0 Å². The molecule has 0 aliphatic heterocycles. The molecule has 0 aromatic carbocycles. The van der Waals surface area contributed by atoms with Crippen molar-refractivity contribution in [3.05, 3.63) is 12.5 Å². The summed E-state index contributed by atoms with van der Waals surface area (Å²) in [6.07, 6.45) is 5.07. The summed E-state index contributed by atoms with van der Waals surface area (Å²) in [4.78, 5) is 3.81. The predicted molar refractivity (Wildman–Crippen MR) is 46.2 cm³/mol. The topological polar surface area (TPSA) is 55.1 Å². The minimum absolute atomic E-state index is 0.378. The van der Waals surface area contributed by atoms with Crippen LogP contribution < -0.4 is 0 Å². The van der Waals surface area contributed by atoms with Crippen molar-refractivity contribution in [2.45, 2.75) is 31.3 Å². The molecule has 12 heavy (non-hydrogen) atoms. The second-order valence-corrected chi connectivity index (χ2v) is 3.44. The van der Waals surface area contributed by atoms with Crippen LogP contribution in [-0.4, -0.2) is 18.3 Å². The lowest BCUT2D eigenvalue weighted by atomic mass is 10.3. The summed E-state index contributed by atoms with van der Waals surface area (Å²) in [6.45, 7) is 2.84. The van der Waals surface area contributed by atoms with Crippen LogP contribution in [0.5, 0.6) is 0 Å². The Morgan fingerprint density at radius 1 is 1.75 bits per heavy atom. The van der Waals surface area contributed by atoms with Gasteiger partial charge < -0.3 is 9.12 Å². The smallest absolute Gasteiger partial charge is 0.205 e. The summed E-state index contributed by atoms with van der Waals surface area (Å²) < 4.78 is 21.2. The van der Waals surface area contributed by atoms with Gasteiger partial charge in [-0.1, -0.05) is 13.3 Å². The van der Waals surface area contributed by atoms with E-state index in [4.69, 9.17) is 4.55 Å². The zero-order valence-corrected chi connectivity index (χ0v) is 7.75. The first kappa shape index (κ1) is 9.41. The average molecular weight is 188 g/mol. The Balaban J connectivity index is 2.70. The largest absolute Gasteiger partial charge is 0.322 e. The Bertz CT molecular complexity index is 272. The molecule has 0 aliphatic carbocycles. The van der Waals surface area contributed by atoms with E-state index in [0.717, 1.165) is 19.4 Å². The quantitative estimate of drug-likeness (QED) is 0.724. The molecule has 1 aromatic heterocycles. The SMILES string of the molecule is CCCCn1cncc1S(=O)O. The standard InChI is InChI=1S/C7H12N2O2S/c1-2-3-4-9-6-8-5-7(9)12(10)11/h5-6H,2-4H2,1H3,(H,10,11). The summed E-state index contributed by atoms with van der Waals surface area (Å²) in [5.41, 5.74) is 0. The van der Waals surface area contributed by atoms with Gasteiger partial charge in [0.2, 0.25) is 11.1 Å². The van der Waals surface area contributed by atoms with Crippen LogP contribution in [0.15, 0.2) is 17.6 Å². The number of aryl methyl sites for hydroxylation is 1. The van der Waals surface area contributed by atoms with Crippen molar-refractivity contribution < 1.29 is 8.76 Å². The summed E-state index contributed by atoms with van der Waals surface area (Å²) in [7, 11) is 0. The highest BCUT2D eigenvalue weighted by atomic mass is 32.2. The van der Waals surface area contributed by atoms with Crippen LogP contribution in [-0.2, 0) is 17.6 Å². The maximum absolute atomic E-state index is 10.7. The molecule has 0 aliphatic rings. The summed E-state index contributed by atoms with van der Waals surface area (Å²) in [5, 5.41) is 0.378. The van der Waals surface area contributed by atoms with Crippen molar-refractivity contribution in [2.24, 2.45) is 0 Å². The molecular weight excluding hydrogens is 176 g/mol. The lowest BCUT2D eigenvalue weighted by molar-refractivity contribution is 0.535. The molecule has 0 spiro atoms. The van der Waals surface area contributed by atoms with Crippen molar-refractivity contribution >= 4 is 11.1 Å².